The van der Waals surface area contributed by atoms with Crippen LogP contribution in [0.3, 0.4) is 0 Å². The number of amides is 1. The van der Waals surface area contributed by atoms with E-state index in [1.54, 1.807) is 26.2 Å². The predicted octanol–water partition coefficient (Wildman–Crippen LogP) is 0.461. The number of carbonyl (C=O) groups excluding carboxylic acids is 1. The topological polar surface area (TPSA) is 80.9 Å². The second kappa shape index (κ2) is 3.61. The molecule has 14 heavy (non-hydrogen) atoms. The quantitative estimate of drug-likeness (QED) is 0.732. The second-order valence-electron chi connectivity index (χ2n) is 3.70. The Bertz CT molecular complexity index is 331. The summed E-state index contributed by atoms with van der Waals surface area (Å²) >= 11 is 0. The predicted molar refractivity (Wildman–Crippen MR) is 53.7 cm³/mol. The summed E-state index contributed by atoms with van der Waals surface area (Å²) in [6.45, 7) is 5.25. The highest BCUT2D eigenvalue weighted by molar-refractivity contribution is 5.86. The van der Waals surface area contributed by atoms with E-state index in [-0.39, 0.29) is 0 Å². The van der Waals surface area contributed by atoms with Gasteiger partial charge in [-0.05, 0) is 26.3 Å². The van der Waals surface area contributed by atoms with Crippen molar-refractivity contribution in [1.29, 1.82) is 0 Å². The molecule has 76 valence electrons. The molecule has 3 N–H and O–H groups in total. The summed E-state index contributed by atoms with van der Waals surface area (Å²) in [6.07, 6.45) is 3.35. The summed E-state index contributed by atoms with van der Waals surface area (Å²) in [5.41, 5.74) is 5.32. The van der Waals surface area contributed by atoms with Crippen LogP contribution < -0.4 is 11.1 Å². The third-order valence-electron chi connectivity index (χ3n) is 1.82. The maximum absolute atomic E-state index is 11.0. The lowest BCUT2D eigenvalue weighted by Gasteiger charge is -2.21. The first-order valence-electron chi connectivity index (χ1n) is 4.28. The van der Waals surface area contributed by atoms with Crippen LogP contribution in [0.5, 0.6) is 0 Å². The number of hydrogen-bond acceptors (Lipinski definition) is 4. The summed E-state index contributed by atoms with van der Waals surface area (Å²) in [5, 5.41) is 2.85. The van der Waals surface area contributed by atoms with Gasteiger partial charge in [0.15, 0.2) is 0 Å². The van der Waals surface area contributed by atoms with Gasteiger partial charge in [0.25, 0.3) is 0 Å². The molecule has 0 atom stereocenters. The van der Waals surface area contributed by atoms with Crippen LogP contribution >= 0.6 is 0 Å². The minimum atomic E-state index is -0.838. The van der Waals surface area contributed by atoms with Gasteiger partial charge in [0.2, 0.25) is 11.9 Å². The summed E-state index contributed by atoms with van der Waals surface area (Å²) in [6, 6.07) is 0. The van der Waals surface area contributed by atoms with Gasteiger partial charge in [-0.15, -0.1) is 0 Å². The van der Waals surface area contributed by atoms with Crippen molar-refractivity contribution in [2.45, 2.75) is 26.3 Å². The largest absolute Gasteiger partial charge is 0.368 e. The van der Waals surface area contributed by atoms with Crippen LogP contribution in [0.25, 0.3) is 0 Å². The normalized spacial score (nSPS) is 11.1. The zero-order chi connectivity index (χ0) is 10.8. The Morgan fingerprint density at radius 3 is 2.36 bits per heavy atom. The number of hydrogen-bond donors (Lipinski definition) is 2. The third kappa shape index (κ3) is 2.42. The van der Waals surface area contributed by atoms with Gasteiger partial charge in [-0.3, -0.25) is 4.79 Å². The smallest absolute Gasteiger partial charge is 0.242 e. The van der Waals surface area contributed by atoms with Gasteiger partial charge >= 0.3 is 0 Å². The van der Waals surface area contributed by atoms with Crippen LogP contribution in [0.1, 0.15) is 19.4 Å². The van der Waals surface area contributed by atoms with Crippen molar-refractivity contribution in [2.75, 3.05) is 5.32 Å². The number of rotatable bonds is 3. The molecule has 5 heteroatoms. The molecule has 0 aliphatic rings. The standard InChI is InChI=1S/C9H14N4O/c1-6-4-11-8(12-5-6)13-9(2,3)7(10)14/h4-5H,1-3H3,(H2,10,14)(H,11,12,13). The Labute approximate surface area is 82.7 Å². The lowest BCUT2D eigenvalue weighted by atomic mass is 10.1. The number of anilines is 1. The molecule has 0 bridgehead atoms. The van der Waals surface area contributed by atoms with E-state index in [1.807, 2.05) is 6.92 Å². The molecule has 0 fully saturated rings. The molecule has 0 saturated heterocycles. The van der Waals surface area contributed by atoms with E-state index in [2.05, 4.69) is 15.3 Å². The number of aromatic nitrogens is 2. The third-order valence-corrected chi connectivity index (χ3v) is 1.82. The molecule has 1 aromatic heterocycles. The van der Waals surface area contributed by atoms with Crippen LogP contribution in [0.4, 0.5) is 5.95 Å². The van der Waals surface area contributed by atoms with Gasteiger partial charge < -0.3 is 11.1 Å². The molecule has 0 unspecified atom stereocenters. The Morgan fingerprint density at radius 2 is 1.93 bits per heavy atom. The number of nitrogens with zero attached hydrogens (tertiary/aromatic N) is 2. The number of nitrogens with two attached hydrogens (primary N) is 1. The van der Waals surface area contributed by atoms with Crippen molar-refractivity contribution in [2.24, 2.45) is 5.73 Å². The summed E-state index contributed by atoms with van der Waals surface area (Å²) < 4.78 is 0. The highest BCUT2D eigenvalue weighted by Gasteiger charge is 2.25. The lowest BCUT2D eigenvalue weighted by molar-refractivity contribution is -0.121. The molecule has 0 aliphatic carbocycles. The first-order chi connectivity index (χ1) is 6.42. The van der Waals surface area contributed by atoms with Gasteiger partial charge in [-0.1, -0.05) is 0 Å². The Kier molecular flexibility index (Phi) is 2.69. The highest BCUT2D eigenvalue weighted by atomic mass is 16.1. The maximum atomic E-state index is 11.0. The SMILES string of the molecule is Cc1cnc(NC(C)(C)C(N)=O)nc1. The van der Waals surface area contributed by atoms with E-state index >= 15 is 0 Å². The van der Waals surface area contributed by atoms with Gasteiger partial charge in [0, 0.05) is 12.4 Å². The van der Waals surface area contributed by atoms with E-state index in [4.69, 9.17) is 5.73 Å². The van der Waals surface area contributed by atoms with Crippen molar-refractivity contribution in [3.05, 3.63) is 18.0 Å². The number of primary amides is 1. The van der Waals surface area contributed by atoms with Crippen molar-refractivity contribution in [1.82, 2.24) is 9.97 Å². The second-order valence-corrected chi connectivity index (χ2v) is 3.70. The molecular formula is C9H14N4O. The van der Waals surface area contributed by atoms with Crippen molar-refractivity contribution < 1.29 is 4.79 Å². The van der Waals surface area contributed by atoms with E-state index in [0.717, 1.165) is 5.56 Å². The Morgan fingerprint density at radius 1 is 1.43 bits per heavy atom. The Hall–Kier alpha value is -1.65. The number of aryl methyl sites for hydroxylation is 1. The first kappa shape index (κ1) is 10.4. The fraction of sp³-hybridized carbons (Fsp3) is 0.444. The zero-order valence-corrected chi connectivity index (χ0v) is 8.53. The van der Waals surface area contributed by atoms with Crippen LogP contribution in [-0.4, -0.2) is 21.4 Å². The van der Waals surface area contributed by atoms with Crippen LogP contribution in [0.15, 0.2) is 12.4 Å². The van der Waals surface area contributed by atoms with Crippen molar-refractivity contribution in [3.8, 4) is 0 Å². The molecule has 0 aromatic carbocycles. The molecule has 0 spiro atoms. The van der Waals surface area contributed by atoms with Crippen LogP contribution in [0, 0.1) is 6.92 Å². The molecule has 1 rings (SSSR count). The van der Waals surface area contributed by atoms with Gasteiger partial charge in [0.1, 0.15) is 5.54 Å². The van der Waals surface area contributed by atoms with E-state index in [0.29, 0.717) is 5.95 Å². The molecule has 0 saturated carbocycles. The van der Waals surface area contributed by atoms with E-state index < -0.39 is 11.4 Å². The molecular weight excluding hydrogens is 180 g/mol. The molecule has 0 aliphatic heterocycles. The van der Waals surface area contributed by atoms with Crippen molar-refractivity contribution in [3.63, 3.8) is 0 Å². The first-order valence-corrected chi connectivity index (χ1v) is 4.28. The fourth-order valence-electron chi connectivity index (χ4n) is 0.798. The van der Waals surface area contributed by atoms with E-state index in [9.17, 15) is 4.79 Å². The summed E-state index contributed by atoms with van der Waals surface area (Å²) in [7, 11) is 0. The maximum Gasteiger partial charge on any atom is 0.242 e. The average Bonchev–Trinajstić information content (AvgIpc) is 2.08. The molecule has 1 aromatic rings. The summed E-state index contributed by atoms with van der Waals surface area (Å²) in [5.74, 6) is -0.0407. The number of nitrogens with one attached hydrogen (secondary N) is 1. The van der Waals surface area contributed by atoms with E-state index in [1.165, 1.54) is 0 Å². The molecule has 0 radical (unpaired) electrons. The van der Waals surface area contributed by atoms with Crippen LogP contribution in [0.2, 0.25) is 0 Å². The highest BCUT2D eigenvalue weighted by Crippen LogP contribution is 2.09. The van der Waals surface area contributed by atoms with Crippen LogP contribution in [-0.2, 0) is 4.79 Å². The molecule has 5 nitrogen and oxygen atoms in total. The summed E-state index contributed by atoms with van der Waals surface area (Å²) in [4.78, 5) is 19.0. The average molecular weight is 194 g/mol. The van der Waals surface area contributed by atoms with Gasteiger partial charge in [0.05, 0.1) is 0 Å². The lowest BCUT2D eigenvalue weighted by Crippen LogP contribution is -2.45. The van der Waals surface area contributed by atoms with Crippen molar-refractivity contribution >= 4 is 11.9 Å². The Balaban J connectivity index is 2.79. The zero-order valence-electron chi connectivity index (χ0n) is 8.53. The molecule has 1 heterocycles. The van der Waals surface area contributed by atoms with Gasteiger partial charge in [-0.25, -0.2) is 9.97 Å². The minimum Gasteiger partial charge on any atom is -0.368 e. The minimum absolute atomic E-state index is 0.402. The fourth-order valence-corrected chi connectivity index (χ4v) is 0.798. The monoisotopic (exact) mass is 194 g/mol. The van der Waals surface area contributed by atoms with Gasteiger partial charge in [-0.2, -0.15) is 0 Å². The number of carbonyl (C=O) groups is 1. The molecule has 1 amide bonds.